The number of anilines is 3. The van der Waals surface area contributed by atoms with E-state index in [0.717, 1.165) is 24.3 Å². The molecule has 0 amide bonds. The highest BCUT2D eigenvalue weighted by atomic mass is 19.4. The largest absolute Gasteiger partial charge is 0.573 e. The second-order valence-electron chi connectivity index (χ2n) is 6.38. The highest BCUT2D eigenvalue weighted by Gasteiger charge is 2.31. The molecule has 3 rings (SSSR count). The number of rotatable bonds is 8. The first-order chi connectivity index (χ1) is 16.0. The number of nitrogens with zero attached hydrogens (tertiary/aromatic N) is 5. The Balaban J connectivity index is 1.74. The van der Waals surface area contributed by atoms with E-state index in [4.69, 9.17) is 4.84 Å². The maximum Gasteiger partial charge on any atom is 0.573 e. The number of hydrogen-bond donors (Lipinski definition) is 2. The lowest BCUT2D eigenvalue weighted by atomic mass is 10.1. The van der Waals surface area contributed by atoms with E-state index in [-0.39, 0.29) is 30.0 Å². The second-order valence-corrected chi connectivity index (χ2v) is 6.38. The van der Waals surface area contributed by atoms with Crippen molar-refractivity contribution in [1.82, 2.24) is 15.0 Å². The highest BCUT2D eigenvalue weighted by molar-refractivity contribution is 5.56. The molecule has 15 heteroatoms. The topological polar surface area (TPSA) is 106 Å². The van der Waals surface area contributed by atoms with Crippen LogP contribution in [0.3, 0.4) is 0 Å². The van der Waals surface area contributed by atoms with Gasteiger partial charge in [0.25, 0.3) is 11.9 Å². The molecule has 0 radical (unpaired) electrons. The Hall–Kier alpha value is -4.01. The van der Waals surface area contributed by atoms with Gasteiger partial charge in [-0.15, -0.1) is 18.3 Å². The fourth-order valence-electron chi connectivity index (χ4n) is 2.50. The first-order valence-corrected chi connectivity index (χ1v) is 9.23. The van der Waals surface area contributed by atoms with E-state index in [9.17, 15) is 26.3 Å². The number of alkyl halides is 6. The SMILES string of the molecule is CONc1nc(N=NCc2cccc(C(F)(F)F)c2)nc(Nc2ccc(OC(F)(F)F)cc2)n1. The van der Waals surface area contributed by atoms with E-state index in [0.29, 0.717) is 5.69 Å². The summed E-state index contributed by atoms with van der Waals surface area (Å²) in [5.41, 5.74) is 2.13. The fraction of sp³-hybridized carbons (Fsp3) is 0.211. The van der Waals surface area contributed by atoms with E-state index in [1.165, 1.54) is 31.4 Å². The molecule has 1 aromatic heterocycles. The third kappa shape index (κ3) is 7.54. The Morgan fingerprint density at radius 3 is 2.26 bits per heavy atom. The van der Waals surface area contributed by atoms with Crippen LogP contribution in [0.2, 0.25) is 0 Å². The third-order valence-corrected chi connectivity index (χ3v) is 3.83. The van der Waals surface area contributed by atoms with Gasteiger partial charge in [0.2, 0.25) is 5.95 Å². The van der Waals surface area contributed by atoms with Gasteiger partial charge in [0.1, 0.15) is 5.75 Å². The minimum Gasteiger partial charge on any atom is -0.406 e. The minimum atomic E-state index is -4.82. The van der Waals surface area contributed by atoms with Crippen LogP contribution in [0.15, 0.2) is 58.8 Å². The molecule has 9 nitrogen and oxygen atoms in total. The number of hydrogen-bond acceptors (Lipinski definition) is 9. The van der Waals surface area contributed by atoms with E-state index in [1.807, 2.05) is 0 Å². The summed E-state index contributed by atoms with van der Waals surface area (Å²) in [4.78, 5) is 16.7. The van der Waals surface area contributed by atoms with Crippen molar-refractivity contribution in [2.24, 2.45) is 10.2 Å². The van der Waals surface area contributed by atoms with Crippen LogP contribution in [0.1, 0.15) is 11.1 Å². The molecule has 34 heavy (non-hydrogen) atoms. The number of azo groups is 1. The Labute approximate surface area is 187 Å². The molecular weight excluding hydrogens is 472 g/mol. The van der Waals surface area contributed by atoms with Crippen LogP contribution in [0.25, 0.3) is 0 Å². The van der Waals surface area contributed by atoms with Crippen molar-refractivity contribution in [2.75, 3.05) is 17.9 Å². The van der Waals surface area contributed by atoms with Crippen LogP contribution in [0.4, 0.5) is 49.9 Å². The van der Waals surface area contributed by atoms with E-state index >= 15 is 0 Å². The quantitative estimate of drug-likeness (QED) is 0.235. The summed E-state index contributed by atoms with van der Waals surface area (Å²) in [6.45, 7) is -0.175. The van der Waals surface area contributed by atoms with Gasteiger partial charge in [-0.25, -0.2) is 5.48 Å². The monoisotopic (exact) mass is 487 g/mol. The lowest BCUT2D eigenvalue weighted by Crippen LogP contribution is -2.17. The van der Waals surface area contributed by atoms with Crippen molar-refractivity contribution in [3.05, 3.63) is 59.7 Å². The summed E-state index contributed by atoms with van der Waals surface area (Å²) < 4.78 is 79.1. The maximum atomic E-state index is 12.8. The number of aromatic nitrogens is 3. The van der Waals surface area contributed by atoms with Crippen LogP contribution in [-0.2, 0) is 17.6 Å². The molecular formula is C19H15F6N7O2. The van der Waals surface area contributed by atoms with E-state index in [2.05, 4.69) is 40.7 Å². The molecule has 1 heterocycles. The molecule has 0 spiro atoms. The van der Waals surface area contributed by atoms with Gasteiger partial charge >= 0.3 is 12.5 Å². The summed E-state index contributed by atoms with van der Waals surface area (Å²) in [6, 6.07) is 9.36. The summed E-state index contributed by atoms with van der Waals surface area (Å²) in [5, 5.41) is 10.4. The molecule has 0 unspecified atom stereocenters. The second kappa shape index (κ2) is 10.3. The zero-order valence-electron chi connectivity index (χ0n) is 17.1. The van der Waals surface area contributed by atoms with Crippen molar-refractivity contribution in [1.29, 1.82) is 0 Å². The number of ether oxygens (including phenoxy) is 1. The molecule has 2 aromatic carbocycles. The third-order valence-electron chi connectivity index (χ3n) is 3.83. The van der Waals surface area contributed by atoms with E-state index in [1.54, 1.807) is 0 Å². The average Bonchev–Trinajstić information content (AvgIpc) is 2.74. The summed E-state index contributed by atoms with van der Waals surface area (Å²) >= 11 is 0. The van der Waals surface area contributed by atoms with Crippen molar-refractivity contribution in [3.63, 3.8) is 0 Å². The Bertz CT molecular complexity index is 1140. The van der Waals surface area contributed by atoms with E-state index < -0.39 is 23.9 Å². The zero-order chi connectivity index (χ0) is 24.8. The molecule has 0 saturated heterocycles. The first kappa shape index (κ1) is 24.6. The van der Waals surface area contributed by atoms with Gasteiger partial charge in [0.15, 0.2) is 0 Å². The van der Waals surface area contributed by atoms with Gasteiger partial charge in [-0.05, 0) is 42.0 Å². The predicted molar refractivity (Wildman–Crippen MR) is 107 cm³/mol. The molecule has 0 atom stereocenters. The summed E-state index contributed by atoms with van der Waals surface area (Å²) in [6.07, 6.45) is -9.31. The van der Waals surface area contributed by atoms with Crippen molar-refractivity contribution in [2.45, 2.75) is 19.1 Å². The normalized spacial score (nSPS) is 12.1. The molecule has 0 aliphatic rings. The number of halogens is 6. The lowest BCUT2D eigenvalue weighted by Gasteiger charge is -2.10. The Morgan fingerprint density at radius 2 is 1.62 bits per heavy atom. The van der Waals surface area contributed by atoms with Crippen LogP contribution < -0.4 is 15.5 Å². The lowest BCUT2D eigenvalue weighted by molar-refractivity contribution is -0.274. The van der Waals surface area contributed by atoms with Crippen molar-refractivity contribution >= 4 is 23.5 Å². The smallest absolute Gasteiger partial charge is 0.406 e. The van der Waals surface area contributed by atoms with Crippen molar-refractivity contribution < 1.29 is 35.9 Å². The van der Waals surface area contributed by atoms with Crippen LogP contribution in [0.5, 0.6) is 5.75 Å². The number of benzene rings is 2. The van der Waals surface area contributed by atoms with Gasteiger partial charge in [0, 0.05) is 5.69 Å². The van der Waals surface area contributed by atoms with Gasteiger partial charge in [-0.1, -0.05) is 12.1 Å². The standard InChI is InChI=1S/C19H15F6N7O2/c1-33-32-17-29-15(27-13-5-7-14(8-6-13)34-19(23,24)25)28-16(30-17)31-26-10-11-3-2-4-12(9-11)18(20,21)22/h2-9H,10H2,1H3,(H2,27,28,29,30,32). The highest BCUT2D eigenvalue weighted by Crippen LogP contribution is 2.30. The van der Waals surface area contributed by atoms with Crippen LogP contribution in [-0.4, -0.2) is 28.4 Å². The van der Waals surface area contributed by atoms with Gasteiger partial charge in [-0.3, -0.25) is 4.84 Å². The number of nitrogens with one attached hydrogen (secondary N) is 2. The molecule has 0 aliphatic carbocycles. The average molecular weight is 487 g/mol. The van der Waals surface area contributed by atoms with Crippen molar-refractivity contribution in [3.8, 4) is 5.75 Å². The van der Waals surface area contributed by atoms with Crippen LogP contribution >= 0.6 is 0 Å². The fourth-order valence-corrected chi connectivity index (χ4v) is 2.50. The molecule has 0 bridgehead atoms. The van der Waals surface area contributed by atoms with Gasteiger partial charge in [0.05, 0.1) is 19.2 Å². The molecule has 0 fully saturated rings. The first-order valence-electron chi connectivity index (χ1n) is 9.23. The minimum absolute atomic E-state index is 0.0629. The zero-order valence-corrected chi connectivity index (χ0v) is 17.1. The molecule has 2 N–H and O–H groups in total. The Kier molecular flexibility index (Phi) is 7.45. The van der Waals surface area contributed by atoms with Gasteiger partial charge < -0.3 is 10.1 Å². The van der Waals surface area contributed by atoms with Crippen LogP contribution in [0, 0.1) is 0 Å². The summed E-state index contributed by atoms with van der Waals surface area (Å²) in [5.74, 6) is -0.766. The predicted octanol–water partition coefficient (Wildman–Crippen LogP) is 5.79. The summed E-state index contributed by atoms with van der Waals surface area (Å²) in [7, 11) is 1.30. The molecule has 0 saturated carbocycles. The molecule has 180 valence electrons. The Morgan fingerprint density at radius 1 is 0.912 bits per heavy atom. The molecule has 3 aromatic rings. The maximum absolute atomic E-state index is 12.8. The molecule has 0 aliphatic heterocycles. The van der Waals surface area contributed by atoms with Gasteiger partial charge in [-0.2, -0.15) is 33.2 Å².